The first kappa shape index (κ1) is 11.3. The van der Waals surface area contributed by atoms with Crippen LogP contribution in [0.3, 0.4) is 0 Å². The Morgan fingerprint density at radius 2 is 1.47 bits per heavy atom. The quantitative estimate of drug-likeness (QED) is 0.749. The average Bonchev–Trinajstić information content (AvgIpc) is 2.96. The van der Waals surface area contributed by atoms with Gasteiger partial charge in [-0.2, -0.15) is 5.10 Å². The van der Waals surface area contributed by atoms with E-state index in [1.807, 2.05) is 30.3 Å². The summed E-state index contributed by atoms with van der Waals surface area (Å²) in [5.41, 5.74) is 2.02. The van der Waals surface area contributed by atoms with E-state index < -0.39 is 0 Å². The summed E-state index contributed by atoms with van der Waals surface area (Å²) < 4.78 is 5.67. The maximum atomic E-state index is 9.20. The number of hydrogen-bond donors (Lipinski definition) is 2. The van der Waals surface area contributed by atoms with Crippen molar-refractivity contribution < 1.29 is 9.84 Å². The number of H-pyrrole nitrogens is 1. The van der Waals surface area contributed by atoms with Crippen LogP contribution in [0.25, 0.3) is 11.3 Å². The number of ether oxygens (including phenoxy) is 1. The Morgan fingerprint density at radius 1 is 0.842 bits per heavy atom. The summed E-state index contributed by atoms with van der Waals surface area (Å²) >= 11 is 0. The lowest BCUT2D eigenvalue weighted by Crippen LogP contribution is -1.84. The van der Waals surface area contributed by atoms with E-state index in [0.29, 0.717) is 5.75 Å². The molecule has 19 heavy (non-hydrogen) atoms. The lowest BCUT2D eigenvalue weighted by atomic mass is 10.1. The van der Waals surface area contributed by atoms with Crippen molar-refractivity contribution in [1.29, 1.82) is 0 Å². The van der Waals surface area contributed by atoms with Crippen molar-refractivity contribution in [1.82, 2.24) is 10.2 Å². The molecule has 0 amide bonds. The van der Waals surface area contributed by atoms with Gasteiger partial charge in [-0.25, -0.2) is 0 Å². The maximum absolute atomic E-state index is 9.20. The van der Waals surface area contributed by atoms with Crippen LogP contribution in [0.5, 0.6) is 17.2 Å². The highest BCUT2D eigenvalue weighted by molar-refractivity contribution is 5.59. The van der Waals surface area contributed by atoms with Gasteiger partial charge in [0.25, 0.3) is 0 Å². The van der Waals surface area contributed by atoms with E-state index in [9.17, 15) is 5.11 Å². The molecule has 1 heterocycles. The highest BCUT2D eigenvalue weighted by Gasteiger charge is 2.01. The largest absolute Gasteiger partial charge is 0.508 e. The molecule has 94 valence electrons. The summed E-state index contributed by atoms with van der Waals surface area (Å²) in [4.78, 5) is 0. The van der Waals surface area contributed by atoms with Gasteiger partial charge in [-0.1, -0.05) is 0 Å². The van der Waals surface area contributed by atoms with E-state index in [1.54, 1.807) is 30.5 Å². The first-order valence-electron chi connectivity index (χ1n) is 5.88. The standard InChI is InChI=1S/C15H12N2O2/c18-12-3-7-14(8-4-12)19-13-5-1-11(2-6-13)15-9-10-16-17-15/h1-10,18H,(H,16,17). The van der Waals surface area contributed by atoms with Crippen molar-refractivity contribution >= 4 is 0 Å². The second kappa shape index (κ2) is 4.86. The van der Waals surface area contributed by atoms with Gasteiger partial charge in [-0.3, -0.25) is 5.10 Å². The molecule has 3 aromatic rings. The highest BCUT2D eigenvalue weighted by Crippen LogP contribution is 2.25. The Morgan fingerprint density at radius 3 is 2.05 bits per heavy atom. The molecular formula is C15H12N2O2. The van der Waals surface area contributed by atoms with E-state index in [-0.39, 0.29) is 5.75 Å². The van der Waals surface area contributed by atoms with Gasteiger partial charge in [0.2, 0.25) is 0 Å². The monoisotopic (exact) mass is 252 g/mol. The SMILES string of the molecule is Oc1ccc(Oc2ccc(-c3ccn[nH]3)cc2)cc1. The number of phenolic OH excluding ortho intramolecular Hbond substituents is 1. The Bertz CT molecular complexity index is 644. The van der Waals surface area contributed by atoms with E-state index in [2.05, 4.69) is 10.2 Å². The van der Waals surface area contributed by atoms with Gasteiger partial charge in [0.1, 0.15) is 17.2 Å². The molecule has 0 radical (unpaired) electrons. The molecule has 0 atom stereocenters. The van der Waals surface area contributed by atoms with Crippen LogP contribution < -0.4 is 4.74 Å². The zero-order valence-electron chi connectivity index (χ0n) is 10.1. The molecule has 1 aromatic heterocycles. The molecule has 4 heteroatoms. The number of nitrogens with zero attached hydrogens (tertiary/aromatic N) is 1. The number of aromatic nitrogens is 2. The van der Waals surface area contributed by atoms with Gasteiger partial charge >= 0.3 is 0 Å². The van der Waals surface area contributed by atoms with Gasteiger partial charge in [0.15, 0.2) is 0 Å². The van der Waals surface area contributed by atoms with E-state index in [1.165, 1.54) is 0 Å². The summed E-state index contributed by atoms with van der Waals surface area (Å²) in [6, 6.07) is 16.2. The normalized spacial score (nSPS) is 10.3. The molecule has 0 saturated carbocycles. The number of phenols is 1. The van der Waals surface area contributed by atoms with Gasteiger partial charge < -0.3 is 9.84 Å². The third-order valence-corrected chi connectivity index (χ3v) is 2.74. The van der Waals surface area contributed by atoms with Crippen LogP contribution in [0.2, 0.25) is 0 Å². The molecule has 0 aliphatic rings. The van der Waals surface area contributed by atoms with E-state index in [4.69, 9.17) is 4.74 Å². The minimum Gasteiger partial charge on any atom is -0.508 e. The van der Waals surface area contributed by atoms with Crippen molar-refractivity contribution in [3.8, 4) is 28.5 Å². The number of nitrogens with one attached hydrogen (secondary N) is 1. The van der Waals surface area contributed by atoms with E-state index in [0.717, 1.165) is 17.0 Å². The number of hydrogen-bond acceptors (Lipinski definition) is 3. The molecule has 0 bridgehead atoms. The summed E-state index contributed by atoms with van der Waals surface area (Å²) in [7, 11) is 0. The average molecular weight is 252 g/mol. The molecule has 4 nitrogen and oxygen atoms in total. The first-order valence-corrected chi connectivity index (χ1v) is 5.88. The van der Waals surface area contributed by atoms with Crippen molar-refractivity contribution in [3.05, 3.63) is 60.8 Å². The molecule has 2 aromatic carbocycles. The van der Waals surface area contributed by atoms with Gasteiger partial charge in [-0.15, -0.1) is 0 Å². The molecule has 0 spiro atoms. The van der Waals surface area contributed by atoms with Crippen molar-refractivity contribution in [3.63, 3.8) is 0 Å². The number of aromatic hydroxyl groups is 1. The number of aromatic amines is 1. The molecule has 0 aliphatic carbocycles. The van der Waals surface area contributed by atoms with Crippen LogP contribution in [0, 0.1) is 0 Å². The van der Waals surface area contributed by atoms with Crippen LogP contribution in [0.1, 0.15) is 0 Å². The zero-order chi connectivity index (χ0) is 13.1. The van der Waals surface area contributed by atoms with Crippen molar-refractivity contribution in [2.75, 3.05) is 0 Å². The van der Waals surface area contributed by atoms with Crippen LogP contribution in [0.15, 0.2) is 60.8 Å². The van der Waals surface area contributed by atoms with Gasteiger partial charge in [0, 0.05) is 6.20 Å². The Balaban J connectivity index is 1.77. The second-order valence-electron chi connectivity index (χ2n) is 4.09. The Kier molecular flexibility index (Phi) is 2.90. The van der Waals surface area contributed by atoms with Gasteiger partial charge in [0.05, 0.1) is 5.69 Å². The predicted molar refractivity (Wildman–Crippen MR) is 72.2 cm³/mol. The molecule has 3 rings (SSSR count). The first-order chi connectivity index (χ1) is 9.31. The smallest absolute Gasteiger partial charge is 0.127 e. The lowest BCUT2D eigenvalue weighted by Gasteiger charge is -2.06. The second-order valence-corrected chi connectivity index (χ2v) is 4.09. The van der Waals surface area contributed by atoms with Crippen LogP contribution in [-0.4, -0.2) is 15.3 Å². The molecule has 0 saturated heterocycles. The van der Waals surface area contributed by atoms with Gasteiger partial charge in [-0.05, 0) is 60.2 Å². The third kappa shape index (κ3) is 2.57. The summed E-state index contributed by atoms with van der Waals surface area (Å²) in [6.45, 7) is 0. The van der Waals surface area contributed by atoms with Crippen LogP contribution in [0.4, 0.5) is 0 Å². The molecule has 0 unspecified atom stereocenters. The lowest BCUT2D eigenvalue weighted by molar-refractivity contribution is 0.464. The maximum Gasteiger partial charge on any atom is 0.127 e. The number of benzene rings is 2. The molecular weight excluding hydrogens is 240 g/mol. The minimum atomic E-state index is 0.224. The number of rotatable bonds is 3. The fraction of sp³-hybridized carbons (Fsp3) is 0. The fourth-order valence-electron chi connectivity index (χ4n) is 1.77. The summed E-state index contributed by atoms with van der Waals surface area (Å²) in [5, 5.41) is 16.0. The third-order valence-electron chi connectivity index (χ3n) is 2.74. The van der Waals surface area contributed by atoms with Crippen molar-refractivity contribution in [2.24, 2.45) is 0 Å². The minimum absolute atomic E-state index is 0.224. The Hall–Kier alpha value is -2.75. The van der Waals surface area contributed by atoms with Crippen LogP contribution >= 0.6 is 0 Å². The highest BCUT2D eigenvalue weighted by atomic mass is 16.5. The molecule has 0 aliphatic heterocycles. The van der Waals surface area contributed by atoms with Crippen LogP contribution in [-0.2, 0) is 0 Å². The summed E-state index contributed by atoms with van der Waals surface area (Å²) in [5.74, 6) is 1.66. The predicted octanol–water partition coefficient (Wildman–Crippen LogP) is 3.57. The summed E-state index contributed by atoms with van der Waals surface area (Å²) in [6.07, 6.45) is 1.72. The topological polar surface area (TPSA) is 58.1 Å². The van der Waals surface area contributed by atoms with Crippen molar-refractivity contribution in [2.45, 2.75) is 0 Å². The fourth-order valence-corrected chi connectivity index (χ4v) is 1.77. The van der Waals surface area contributed by atoms with E-state index >= 15 is 0 Å². The zero-order valence-corrected chi connectivity index (χ0v) is 10.1. The molecule has 0 fully saturated rings. The Labute approximate surface area is 110 Å². The molecule has 2 N–H and O–H groups in total.